The van der Waals surface area contributed by atoms with E-state index in [9.17, 15) is 0 Å². The van der Waals surface area contributed by atoms with Crippen molar-refractivity contribution in [3.63, 3.8) is 0 Å². The van der Waals surface area contributed by atoms with Gasteiger partial charge in [0.15, 0.2) is 0 Å². The normalized spacial score (nSPS) is 16.1. The Balaban J connectivity index is 2.24. The molecule has 0 aliphatic heterocycles. The summed E-state index contributed by atoms with van der Waals surface area (Å²) >= 11 is 3.45. The van der Waals surface area contributed by atoms with Gasteiger partial charge in [-0.05, 0) is 48.4 Å². The van der Waals surface area contributed by atoms with Gasteiger partial charge in [0.05, 0.1) is 6.07 Å². The van der Waals surface area contributed by atoms with Gasteiger partial charge in [-0.3, -0.25) is 0 Å². The van der Waals surface area contributed by atoms with Crippen molar-refractivity contribution in [1.29, 1.82) is 5.26 Å². The molecule has 0 radical (unpaired) electrons. The smallest absolute Gasteiger partial charge is 0.0915 e. The van der Waals surface area contributed by atoms with Crippen molar-refractivity contribution < 1.29 is 0 Å². The Hall–Kier alpha value is -1.07. The zero-order valence-corrected chi connectivity index (χ0v) is 10.00. The van der Waals surface area contributed by atoms with Crippen LogP contribution in [0.4, 0.5) is 0 Å². The number of rotatable bonds is 3. The van der Waals surface area contributed by atoms with E-state index in [1.54, 1.807) is 6.08 Å². The Kier molecular flexibility index (Phi) is 3.23. The van der Waals surface area contributed by atoms with Crippen molar-refractivity contribution in [2.45, 2.75) is 19.3 Å². The second-order valence-corrected chi connectivity index (χ2v) is 4.87. The molecule has 0 aromatic heterocycles. The summed E-state index contributed by atoms with van der Waals surface area (Å²) in [7, 11) is 0. The molecule has 15 heavy (non-hydrogen) atoms. The van der Waals surface area contributed by atoms with Crippen molar-refractivity contribution in [3.8, 4) is 6.07 Å². The minimum atomic E-state index is 0.809. The van der Waals surface area contributed by atoms with Gasteiger partial charge < -0.3 is 0 Å². The van der Waals surface area contributed by atoms with E-state index >= 15 is 0 Å². The van der Waals surface area contributed by atoms with Crippen molar-refractivity contribution >= 4 is 21.5 Å². The van der Waals surface area contributed by atoms with Gasteiger partial charge >= 0.3 is 0 Å². The summed E-state index contributed by atoms with van der Waals surface area (Å²) in [6.45, 7) is 0. The molecule has 2 rings (SSSR count). The second kappa shape index (κ2) is 4.63. The van der Waals surface area contributed by atoms with Crippen LogP contribution in [0.1, 0.15) is 24.8 Å². The molecular formula is C13H12BrN. The largest absolute Gasteiger partial charge is 0.193 e. The second-order valence-electron chi connectivity index (χ2n) is 3.96. The van der Waals surface area contributed by atoms with E-state index in [0.717, 1.165) is 22.4 Å². The fourth-order valence-corrected chi connectivity index (χ4v) is 2.06. The van der Waals surface area contributed by atoms with Gasteiger partial charge in [0.25, 0.3) is 0 Å². The first-order chi connectivity index (χ1) is 7.29. The van der Waals surface area contributed by atoms with Gasteiger partial charge in [0.1, 0.15) is 0 Å². The highest BCUT2D eigenvalue weighted by atomic mass is 79.9. The summed E-state index contributed by atoms with van der Waals surface area (Å²) in [4.78, 5) is 0. The quantitative estimate of drug-likeness (QED) is 0.750. The van der Waals surface area contributed by atoms with E-state index < -0.39 is 0 Å². The van der Waals surface area contributed by atoms with E-state index in [1.807, 2.05) is 12.1 Å². The van der Waals surface area contributed by atoms with Crippen molar-refractivity contribution in [3.05, 3.63) is 40.4 Å². The summed E-state index contributed by atoms with van der Waals surface area (Å²) in [6.07, 6.45) is 5.36. The van der Waals surface area contributed by atoms with Crippen LogP contribution in [-0.4, -0.2) is 0 Å². The van der Waals surface area contributed by atoms with Gasteiger partial charge in [0, 0.05) is 10.5 Å². The molecule has 0 saturated heterocycles. The average molecular weight is 262 g/mol. The molecule has 1 aromatic rings. The monoisotopic (exact) mass is 261 g/mol. The van der Waals surface area contributed by atoms with Crippen LogP contribution in [0.2, 0.25) is 0 Å². The van der Waals surface area contributed by atoms with Gasteiger partial charge in [-0.2, -0.15) is 5.26 Å². The van der Waals surface area contributed by atoms with E-state index in [0.29, 0.717) is 0 Å². The maximum Gasteiger partial charge on any atom is 0.0915 e. The molecule has 0 amide bonds. The summed E-state index contributed by atoms with van der Waals surface area (Å²) in [5.41, 5.74) is 2.33. The molecule has 1 aliphatic carbocycles. The zero-order chi connectivity index (χ0) is 10.7. The summed E-state index contributed by atoms with van der Waals surface area (Å²) < 4.78 is 1.07. The summed E-state index contributed by atoms with van der Waals surface area (Å²) in [5.74, 6) is 0.809. The lowest BCUT2D eigenvalue weighted by molar-refractivity contribution is 0.877. The maximum absolute atomic E-state index is 8.76. The van der Waals surface area contributed by atoms with Crippen LogP contribution in [0.25, 0.3) is 5.57 Å². The van der Waals surface area contributed by atoms with Gasteiger partial charge in [0.2, 0.25) is 0 Å². The number of halogens is 1. The van der Waals surface area contributed by atoms with Crippen LogP contribution < -0.4 is 0 Å². The maximum atomic E-state index is 8.76. The first-order valence-electron chi connectivity index (χ1n) is 5.14. The number of hydrogen-bond donors (Lipinski definition) is 0. The Bertz CT molecular complexity index is 424. The molecular weight excluding hydrogens is 250 g/mol. The zero-order valence-electron chi connectivity index (χ0n) is 8.41. The molecule has 0 unspecified atom stereocenters. The standard InChI is InChI=1S/C13H12BrN/c14-13-3-1-2-11(9-13)12(6-7-15)8-10-4-5-10/h1-3,6,9-10H,4-5,8H2/b12-6-. The SMILES string of the molecule is N#C/C=C(/CC1CC1)c1cccc(Br)c1. The Labute approximate surface area is 98.6 Å². The van der Waals surface area contributed by atoms with Crippen LogP contribution >= 0.6 is 15.9 Å². The lowest BCUT2D eigenvalue weighted by Crippen LogP contribution is -1.86. The lowest BCUT2D eigenvalue weighted by Gasteiger charge is -2.05. The van der Waals surface area contributed by atoms with Gasteiger partial charge in [-0.1, -0.05) is 28.1 Å². The summed E-state index contributed by atoms with van der Waals surface area (Å²) in [5, 5.41) is 8.76. The van der Waals surface area contributed by atoms with Crippen LogP contribution in [0.5, 0.6) is 0 Å². The van der Waals surface area contributed by atoms with Crippen LogP contribution in [0, 0.1) is 17.2 Å². The predicted octanol–water partition coefficient (Wildman–Crippen LogP) is 4.16. The van der Waals surface area contributed by atoms with Crippen molar-refractivity contribution in [2.24, 2.45) is 5.92 Å². The third-order valence-electron chi connectivity index (χ3n) is 2.64. The van der Waals surface area contributed by atoms with Crippen molar-refractivity contribution in [2.75, 3.05) is 0 Å². The third-order valence-corrected chi connectivity index (χ3v) is 3.13. The molecule has 0 heterocycles. The highest BCUT2D eigenvalue weighted by molar-refractivity contribution is 9.10. The highest BCUT2D eigenvalue weighted by Crippen LogP contribution is 2.38. The predicted molar refractivity (Wildman–Crippen MR) is 65.1 cm³/mol. The topological polar surface area (TPSA) is 23.8 Å². The third kappa shape index (κ3) is 2.94. The fourth-order valence-electron chi connectivity index (χ4n) is 1.66. The summed E-state index contributed by atoms with van der Waals surface area (Å²) in [6, 6.07) is 10.3. The molecule has 1 aliphatic rings. The number of benzene rings is 1. The number of allylic oxidation sites excluding steroid dienone is 2. The molecule has 0 spiro atoms. The first-order valence-corrected chi connectivity index (χ1v) is 5.93. The number of nitriles is 1. The van der Waals surface area contributed by atoms with E-state index in [4.69, 9.17) is 5.26 Å². The molecule has 0 N–H and O–H groups in total. The Morgan fingerprint density at radius 2 is 2.33 bits per heavy atom. The molecule has 2 heteroatoms. The van der Waals surface area contributed by atoms with Gasteiger partial charge in [-0.15, -0.1) is 0 Å². The number of nitrogens with zero attached hydrogens (tertiary/aromatic N) is 1. The molecule has 1 saturated carbocycles. The number of hydrogen-bond acceptors (Lipinski definition) is 1. The molecule has 1 nitrogen and oxygen atoms in total. The average Bonchev–Trinajstić information content (AvgIpc) is 3.01. The minimum Gasteiger partial charge on any atom is -0.193 e. The van der Waals surface area contributed by atoms with Gasteiger partial charge in [-0.25, -0.2) is 0 Å². The first kappa shape index (κ1) is 10.4. The highest BCUT2D eigenvalue weighted by Gasteiger charge is 2.22. The Morgan fingerprint density at radius 3 is 2.93 bits per heavy atom. The van der Waals surface area contributed by atoms with Crippen LogP contribution in [0.3, 0.4) is 0 Å². The fraction of sp³-hybridized carbons (Fsp3) is 0.308. The molecule has 0 atom stereocenters. The molecule has 0 bridgehead atoms. The van der Waals surface area contributed by atoms with Crippen LogP contribution in [0.15, 0.2) is 34.8 Å². The molecule has 1 aromatic carbocycles. The van der Waals surface area contributed by atoms with E-state index in [2.05, 4.69) is 34.1 Å². The van der Waals surface area contributed by atoms with E-state index in [1.165, 1.54) is 18.4 Å². The van der Waals surface area contributed by atoms with E-state index in [-0.39, 0.29) is 0 Å². The molecule has 1 fully saturated rings. The Morgan fingerprint density at radius 1 is 1.53 bits per heavy atom. The lowest BCUT2D eigenvalue weighted by atomic mass is 10.0. The van der Waals surface area contributed by atoms with Crippen molar-refractivity contribution in [1.82, 2.24) is 0 Å². The van der Waals surface area contributed by atoms with Crippen LogP contribution in [-0.2, 0) is 0 Å². The molecule has 76 valence electrons. The minimum absolute atomic E-state index is 0.809.